The molecular formula is C13H16N2O2S. The lowest BCUT2D eigenvalue weighted by atomic mass is 10.1. The zero-order valence-corrected chi connectivity index (χ0v) is 11.1. The van der Waals surface area contributed by atoms with E-state index in [-0.39, 0.29) is 5.91 Å². The predicted molar refractivity (Wildman–Crippen MR) is 74.7 cm³/mol. The number of anilines is 2. The summed E-state index contributed by atoms with van der Waals surface area (Å²) >= 11 is 1.92. The van der Waals surface area contributed by atoms with Gasteiger partial charge in [0.05, 0.1) is 18.5 Å². The maximum atomic E-state index is 11.9. The predicted octanol–water partition coefficient (Wildman–Crippen LogP) is 1.96. The summed E-state index contributed by atoms with van der Waals surface area (Å²) in [6, 6.07) is 6.13. The van der Waals surface area contributed by atoms with Gasteiger partial charge in [0.25, 0.3) is 0 Å². The first kappa shape index (κ1) is 11.7. The molecule has 5 heteroatoms. The van der Waals surface area contributed by atoms with Crippen LogP contribution in [-0.2, 0) is 4.79 Å². The Kier molecular flexibility index (Phi) is 3.07. The normalized spacial score (nSPS) is 22.6. The lowest BCUT2D eigenvalue weighted by Gasteiger charge is -2.35. The van der Waals surface area contributed by atoms with E-state index in [1.54, 1.807) is 7.11 Å². The second-order valence-electron chi connectivity index (χ2n) is 4.56. The zero-order valence-electron chi connectivity index (χ0n) is 10.3. The number of ether oxygens (including phenoxy) is 1. The molecule has 2 aliphatic rings. The van der Waals surface area contributed by atoms with Crippen LogP contribution in [0.3, 0.4) is 0 Å². The number of nitrogens with one attached hydrogen (secondary N) is 1. The van der Waals surface area contributed by atoms with E-state index in [4.69, 9.17) is 4.74 Å². The van der Waals surface area contributed by atoms with Crippen molar-refractivity contribution in [2.24, 2.45) is 0 Å². The van der Waals surface area contributed by atoms with Gasteiger partial charge in [-0.1, -0.05) is 0 Å². The molecule has 2 aliphatic heterocycles. The van der Waals surface area contributed by atoms with Crippen LogP contribution in [-0.4, -0.2) is 37.1 Å². The summed E-state index contributed by atoms with van der Waals surface area (Å²) < 4.78 is 5.28. The van der Waals surface area contributed by atoms with Gasteiger partial charge in [-0.2, -0.15) is 11.8 Å². The van der Waals surface area contributed by atoms with Gasteiger partial charge in [-0.15, -0.1) is 0 Å². The lowest BCUT2D eigenvalue weighted by Crippen LogP contribution is -2.42. The molecule has 0 aromatic heterocycles. The van der Waals surface area contributed by atoms with Crippen LogP contribution >= 0.6 is 11.8 Å². The molecule has 4 nitrogen and oxygen atoms in total. The number of benzene rings is 1. The molecule has 1 amide bonds. The molecule has 18 heavy (non-hydrogen) atoms. The van der Waals surface area contributed by atoms with Crippen LogP contribution in [0.1, 0.15) is 6.42 Å². The SMILES string of the molecule is COc1ccc2c(c1)N1CCSCC1CC(=O)N2. The van der Waals surface area contributed by atoms with Crippen LogP contribution in [0, 0.1) is 0 Å². The van der Waals surface area contributed by atoms with Gasteiger partial charge in [0.1, 0.15) is 5.75 Å². The third-order valence-corrected chi connectivity index (χ3v) is 4.53. The second kappa shape index (κ2) is 4.72. The Labute approximate surface area is 111 Å². The molecular weight excluding hydrogens is 248 g/mol. The Hall–Kier alpha value is -1.36. The van der Waals surface area contributed by atoms with Crippen molar-refractivity contribution in [1.82, 2.24) is 0 Å². The van der Waals surface area contributed by atoms with E-state index in [2.05, 4.69) is 10.2 Å². The topological polar surface area (TPSA) is 41.6 Å². The molecule has 96 valence electrons. The Bertz CT molecular complexity index is 478. The first-order valence-corrected chi connectivity index (χ1v) is 7.25. The number of carbonyl (C=O) groups is 1. The van der Waals surface area contributed by atoms with Crippen molar-refractivity contribution in [3.05, 3.63) is 18.2 Å². The highest BCUT2D eigenvalue weighted by atomic mass is 32.2. The highest BCUT2D eigenvalue weighted by molar-refractivity contribution is 7.99. The summed E-state index contributed by atoms with van der Waals surface area (Å²) in [5.74, 6) is 3.07. The van der Waals surface area contributed by atoms with Gasteiger partial charge in [-0.25, -0.2) is 0 Å². The summed E-state index contributed by atoms with van der Waals surface area (Å²) in [5, 5.41) is 2.98. The van der Waals surface area contributed by atoms with Crippen molar-refractivity contribution < 1.29 is 9.53 Å². The Balaban J connectivity index is 2.05. The van der Waals surface area contributed by atoms with Crippen molar-refractivity contribution in [2.75, 3.05) is 35.4 Å². The molecule has 2 heterocycles. The molecule has 1 aromatic carbocycles. The highest BCUT2D eigenvalue weighted by Gasteiger charge is 2.30. The molecule has 1 atom stereocenters. The largest absolute Gasteiger partial charge is 0.497 e. The van der Waals surface area contributed by atoms with Gasteiger partial charge >= 0.3 is 0 Å². The van der Waals surface area contributed by atoms with E-state index in [0.717, 1.165) is 35.2 Å². The third-order valence-electron chi connectivity index (χ3n) is 3.44. The van der Waals surface area contributed by atoms with Gasteiger partial charge in [0.15, 0.2) is 0 Å². The number of hydrogen-bond acceptors (Lipinski definition) is 4. The molecule has 1 aromatic rings. The van der Waals surface area contributed by atoms with Gasteiger partial charge in [-0.05, 0) is 12.1 Å². The molecule has 0 aliphatic carbocycles. The van der Waals surface area contributed by atoms with Crippen molar-refractivity contribution in [3.63, 3.8) is 0 Å². The summed E-state index contributed by atoms with van der Waals surface area (Å²) in [6.07, 6.45) is 0.573. The fraction of sp³-hybridized carbons (Fsp3) is 0.462. The molecule has 0 radical (unpaired) electrons. The van der Waals surface area contributed by atoms with Crippen molar-refractivity contribution >= 4 is 29.0 Å². The van der Waals surface area contributed by atoms with E-state index in [9.17, 15) is 4.79 Å². The van der Waals surface area contributed by atoms with Gasteiger partial charge in [0.2, 0.25) is 5.91 Å². The minimum atomic E-state index is 0.108. The summed E-state index contributed by atoms with van der Waals surface area (Å²) in [7, 11) is 1.67. The first-order valence-electron chi connectivity index (χ1n) is 6.10. The number of thioether (sulfide) groups is 1. The minimum Gasteiger partial charge on any atom is -0.497 e. The van der Waals surface area contributed by atoms with Crippen molar-refractivity contribution in [1.29, 1.82) is 0 Å². The molecule has 1 unspecified atom stereocenters. The van der Waals surface area contributed by atoms with E-state index in [0.29, 0.717) is 12.5 Å². The summed E-state index contributed by atoms with van der Waals surface area (Å²) in [4.78, 5) is 14.2. The monoisotopic (exact) mass is 264 g/mol. The number of fused-ring (bicyclic) bond motifs is 3. The number of rotatable bonds is 1. The van der Waals surface area contributed by atoms with Crippen LogP contribution in [0.4, 0.5) is 11.4 Å². The third kappa shape index (κ3) is 2.03. The van der Waals surface area contributed by atoms with Crippen LogP contribution in [0.15, 0.2) is 18.2 Å². The number of methoxy groups -OCH3 is 1. The Morgan fingerprint density at radius 2 is 2.39 bits per heavy atom. The number of nitrogens with zero attached hydrogens (tertiary/aromatic N) is 1. The Morgan fingerprint density at radius 3 is 3.22 bits per heavy atom. The van der Waals surface area contributed by atoms with Crippen LogP contribution in [0.2, 0.25) is 0 Å². The van der Waals surface area contributed by atoms with Crippen LogP contribution in [0.5, 0.6) is 5.75 Å². The van der Waals surface area contributed by atoms with Gasteiger partial charge in [0, 0.05) is 36.6 Å². The van der Waals surface area contributed by atoms with Crippen LogP contribution in [0.25, 0.3) is 0 Å². The zero-order chi connectivity index (χ0) is 12.5. The van der Waals surface area contributed by atoms with E-state index < -0.39 is 0 Å². The average Bonchev–Trinajstić information content (AvgIpc) is 2.53. The molecule has 1 N–H and O–H groups in total. The van der Waals surface area contributed by atoms with E-state index in [1.807, 2.05) is 30.0 Å². The molecule has 3 rings (SSSR count). The van der Waals surface area contributed by atoms with Gasteiger partial charge in [-0.3, -0.25) is 4.79 Å². The molecule has 1 saturated heterocycles. The maximum Gasteiger partial charge on any atom is 0.226 e. The Morgan fingerprint density at radius 1 is 1.50 bits per heavy atom. The number of amides is 1. The molecule has 0 saturated carbocycles. The maximum absolute atomic E-state index is 11.9. The molecule has 0 spiro atoms. The van der Waals surface area contributed by atoms with Gasteiger partial charge < -0.3 is 15.0 Å². The van der Waals surface area contributed by atoms with E-state index >= 15 is 0 Å². The lowest BCUT2D eigenvalue weighted by molar-refractivity contribution is -0.116. The fourth-order valence-corrected chi connectivity index (χ4v) is 3.60. The molecule has 1 fully saturated rings. The standard InChI is InChI=1S/C13H16N2O2S/c1-17-10-2-3-11-12(7-10)15-4-5-18-8-9(15)6-13(16)14-11/h2-3,7,9H,4-6,8H2,1H3,(H,14,16). The van der Waals surface area contributed by atoms with Crippen molar-refractivity contribution in [2.45, 2.75) is 12.5 Å². The fourth-order valence-electron chi connectivity index (χ4n) is 2.54. The minimum absolute atomic E-state index is 0.108. The highest BCUT2D eigenvalue weighted by Crippen LogP contribution is 2.37. The van der Waals surface area contributed by atoms with Crippen molar-refractivity contribution in [3.8, 4) is 5.75 Å². The van der Waals surface area contributed by atoms with Crippen LogP contribution < -0.4 is 15.0 Å². The smallest absolute Gasteiger partial charge is 0.226 e. The molecule has 0 bridgehead atoms. The second-order valence-corrected chi connectivity index (χ2v) is 5.71. The van der Waals surface area contributed by atoms with E-state index in [1.165, 1.54) is 0 Å². The first-order chi connectivity index (χ1) is 8.78. The summed E-state index contributed by atoms with van der Waals surface area (Å²) in [5.41, 5.74) is 1.99. The quantitative estimate of drug-likeness (QED) is 0.842. The number of hydrogen-bond donors (Lipinski definition) is 1. The summed E-state index contributed by atoms with van der Waals surface area (Å²) in [6.45, 7) is 0.991. The number of carbonyl (C=O) groups excluding carboxylic acids is 1. The average molecular weight is 264 g/mol.